The molecule has 1 aliphatic heterocycles. The topological polar surface area (TPSA) is 13.1 Å². The van der Waals surface area contributed by atoms with Crippen LogP contribution in [0.4, 0.5) is 0 Å². The number of rotatable bonds is 2. The van der Waals surface area contributed by atoms with Crippen LogP contribution in [0.1, 0.15) is 87.5 Å². The van der Waals surface area contributed by atoms with Crippen LogP contribution in [-0.4, -0.2) is 0 Å². The van der Waals surface area contributed by atoms with Crippen molar-refractivity contribution in [2.75, 3.05) is 0 Å². The molecule has 0 atom stereocenters. The first kappa shape index (κ1) is 24.6. The van der Waals surface area contributed by atoms with Gasteiger partial charge in [0.1, 0.15) is 18.5 Å². The molecule has 7 rings (SSSR count). The van der Waals surface area contributed by atoms with Gasteiger partial charge >= 0.3 is 0 Å². The number of ether oxygens (including phenoxy) is 1. The summed E-state index contributed by atoms with van der Waals surface area (Å²) in [6, 6.07) is 18.5. The third kappa shape index (κ3) is 3.64. The quantitative estimate of drug-likeness (QED) is 0.165. The molecule has 1 fully saturated rings. The fourth-order valence-electron chi connectivity index (χ4n) is 7.59. The van der Waals surface area contributed by atoms with Crippen LogP contribution in [0.2, 0.25) is 0 Å². The van der Waals surface area contributed by atoms with E-state index in [1.165, 1.54) is 91.5 Å². The monoisotopic (exact) mass is 514 g/mol. The highest BCUT2D eigenvalue weighted by Gasteiger charge is 2.35. The summed E-state index contributed by atoms with van der Waals surface area (Å²) in [5, 5.41) is 7.91. The van der Waals surface area contributed by atoms with Gasteiger partial charge in [-0.3, -0.25) is 0 Å². The molecule has 0 N–H and O–H groups in total. The van der Waals surface area contributed by atoms with Gasteiger partial charge in [-0.2, -0.15) is 0 Å². The molecule has 2 nitrogen and oxygen atoms in total. The first-order valence-electron chi connectivity index (χ1n) is 14.8. The van der Waals surface area contributed by atoms with E-state index in [-0.39, 0.29) is 0 Å². The van der Waals surface area contributed by atoms with Gasteiger partial charge < -0.3 is 4.74 Å². The molecule has 0 spiro atoms. The van der Waals surface area contributed by atoms with Gasteiger partial charge in [-0.15, -0.1) is 0 Å². The number of hydrogen-bond donors (Lipinski definition) is 0. The molecular formula is C37H40NO+. The zero-order valence-electron chi connectivity index (χ0n) is 24.5. The lowest BCUT2D eigenvalue weighted by atomic mass is 9.70. The molecule has 2 aliphatic rings. The van der Waals surface area contributed by atoms with Crippen LogP contribution in [0.5, 0.6) is 11.5 Å². The van der Waals surface area contributed by atoms with Crippen molar-refractivity contribution in [1.29, 1.82) is 0 Å². The summed E-state index contributed by atoms with van der Waals surface area (Å²) in [4.78, 5) is 0. The largest absolute Gasteiger partial charge is 0.455 e. The Morgan fingerprint density at radius 2 is 1.64 bits per heavy atom. The molecule has 2 heteroatoms. The van der Waals surface area contributed by atoms with E-state index >= 15 is 0 Å². The molecule has 0 amide bonds. The van der Waals surface area contributed by atoms with Crippen molar-refractivity contribution < 1.29 is 9.30 Å². The van der Waals surface area contributed by atoms with Crippen molar-refractivity contribution in [3.05, 3.63) is 77.0 Å². The van der Waals surface area contributed by atoms with Crippen molar-refractivity contribution in [3.63, 3.8) is 0 Å². The molecule has 1 aromatic heterocycles. The minimum atomic E-state index is 0.345. The molecule has 1 aliphatic carbocycles. The van der Waals surface area contributed by atoms with Crippen LogP contribution < -0.4 is 9.30 Å². The number of aromatic nitrogens is 1. The summed E-state index contributed by atoms with van der Waals surface area (Å²) in [5.74, 6) is 3.01. The smallest absolute Gasteiger partial charge is 0.228 e. The number of nitrogens with zero attached hydrogens (tertiary/aromatic N) is 1. The summed E-state index contributed by atoms with van der Waals surface area (Å²) in [6.07, 6.45) is 7.37. The van der Waals surface area contributed by atoms with Gasteiger partial charge in [-0.1, -0.05) is 69.7 Å². The standard InChI is InChI=1S/C37H40NO/c1-21(2)32-27-12-11-22(3)19-29(27)23(4)33-35-34-28(15-18-38(35)7)26-10-8-9-25(24-13-16-37(5,6)17-14-24)30(26)20-31(34)39-36(32)33/h8-12,15,18-21,24H,13-14,16-17H2,1-7H3/q+1. The van der Waals surface area contributed by atoms with Gasteiger partial charge in [-0.05, 0) is 95.5 Å². The third-order valence-electron chi connectivity index (χ3n) is 9.80. The van der Waals surface area contributed by atoms with Gasteiger partial charge in [0.2, 0.25) is 5.69 Å². The maximum atomic E-state index is 7.09. The Balaban J connectivity index is 1.56. The number of hydrogen-bond acceptors (Lipinski definition) is 1. The Kier molecular flexibility index (Phi) is 5.40. The van der Waals surface area contributed by atoms with Crippen molar-refractivity contribution in [3.8, 4) is 22.8 Å². The average molecular weight is 515 g/mol. The lowest BCUT2D eigenvalue weighted by molar-refractivity contribution is -0.659. The first-order valence-corrected chi connectivity index (χ1v) is 14.8. The van der Waals surface area contributed by atoms with E-state index in [4.69, 9.17) is 4.74 Å². The fourth-order valence-corrected chi connectivity index (χ4v) is 7.59. The van der Waals surface area contributed by atoms with E-state index in [0.29, 0.717) is 17.3 Å². The van der Waals surface area contributed by atoms with E-state index in [9.17, 15) is 0 Å². The number of aryl methyl sites for hydroxylation is 3. The molecule has 39 heavy (non-hydrogen) atoms. The summed E-state index contributed by atoms with van der Waals surface area (Å²) in [5.41, 5.74) is 8.41. The van der Waals surface area contributed by atoms with Crippen LogP contribution in [0, 0.1) is 19.3 Å². The van der Waals surface area contributed by atoms with E-state index in [2.05, 4.69) is 108 Å². The highest BCUT2D eigenvalue weighted by Crippen LogP contribution is 2.54. The molecule has 4 aromatic carbocycles. The second-order valence-electron chi connectivity index (χ2n) is 13.4. The zero-order valence-corrected chi connectivity index (χ0v) is 24.5. The predicted octanol–water partition coefficient (Wildman–Crippen LogP) is 10.2. The summed E-state index contributed by atoms with van der Waals surface area (Å²) >= 11 is 0. The van der Waals surface area contributed by atoms with Crippen molar-refractivity contribution in [2.45, 2.75) is 79.1 Å². The van der Waals surface area contributed by atoms with E-state index in [1.807, 2.05) is 0 Å². The Bertz CT molecular complexity index is 1810. The number of benzene rings is 4. The lowest BCUT2D eigenvalue weighted by Gasteiger charge is -2.35. The molecule has 0 saturated heterocycles. The van der Waals surface area contributed by atoms with Crippen LogP contribution in [0.25, 0.3) is 43.6 Å². The molecule has 1 saturated carbocycles. The van der Waals surface area contributed by atoms with Crippen LogP contribution in [0.15, 0.2) is 54.7 Å². The first-order chi connectivity index (χ1) is 18.6. The number of pyridine rings is 1. The Morgan fingerprint density at radius 3 is 2.38 bits per heavy atom. The van der Waals surface area contributed by atoms with Gasteiger partial charge in [-0.25, -0.2) is 4.57 Å². The van der Waals surface area contributed by atoms with E-state index in [0.717, 1.165) is 11.5 Å². The second-order valence-corrected chi connectivity index (χ2v) is 13.4. The third-order valence-corrected chi connectivity index (χ3v) is 9.80. The molecule has 0 radical (unpaired) electrons. The summed E-state index contributed by atoms with van der Waals surface area (Å²) in [6.45, 7) is 13.9. The molecular weight excluding hydrogens is 474 g/mol. The Morgan fingerprint density at radius 1 is 0.872 bits per heavy atom. The van der Waals surface area contributed by atoms with Gasteiger partial charge in [0.05, 0.1) is 10.9 Å². The van der Waals surface area contributed by atoms with Crippen LogP contribution >= 0.6 is 0 Å². The van der Waals surface area contributed by atoms with Crippen molar-refractivity contribution >= 4 is 32.3 Å². The zero-order chi connectivity index (χ0) is 27.2. The van der Waals surface area contributed by atoms with Crippen LogP contribution in [0.3, 0.4) is 0 Å². The molecule has 198 valence electrons. The fraction of sp³-hybridized carbons (Fsp3) is 0.378. The molecule has 0 unspecified atom stereocenters. The second kappa shape index (κ2) is 8.55. The Labute approximate surface area is 232 Å². The normalized spacial score (nSPS) is 16.7. The molecule has 5 aromatic rings. The lowest BCUT2D eigenvalue weighted by Crippen LogP contribution is -2.32. The number of fused-ring (bicyclic) bond motifs is 5. The maximum absolute atomic E-state index is 7.09. The van der Waals surface area contributed by atoms with Crippen LogP contribution in [-0.2, 0) is 7.05 Å². The average Bonchev–Trinajstić information content (AvgIpc) is 2.90. The summed E-state index contributed by atoms with van der Waals surface area (Å²) in [7, 11) is 2.19. The minimum Gasteiger partial charge on any atom is -0.455 e. The van der Waals surface area contributed by atoms with Gasteiger partial charge in [0.25, 0.3) is 0 Å². The minimum absolute atomic E-state index is 0.345. The van der Waals surface area contributed by atoms with E-state index in [1.54, 1.807) is 0 Å². The van der Waals surface area contributed by atoms with E-state index < -0.39 is 0 Å². The molecule has 0 bridgehead atoms. The van der Waals surface area contributed by atoms with Crippen molar-refractivity contribution in [2.24, 2.45) is 12.5 Å². The molecule has 2 heterocycles. The maximum Gasteiger partial charge on any atom is 0.228 e. The predicted molar refractivity (Wildman–Crippen MR) is 164 cm³/mol. The highest BCUT2D eigenvalue weighted by atomic mass is 16.5. The van der Waals surface area contributed by atoms with Gasteiger partial charge in [0, 0.05) is 17.0 Å². The van der Waals surface area contributed by atoms with Crippen molar-refractivity contribution in [1.82, 2.24) is 0 Å². The summed E-state index contributed by atoms with van der Waals surface area (Å²) < 4.78 is 9.40. The highest BCUT2D eigenvalue weighted by molar-refractivity contribution is 6.17. The van der Waals surface area contributed by atoms with Gasteiger partial charge in [0.15, 0.2) is 6.20 Å². The Hall–Kier alpha value is -3.39. The SMILES string of the molecule is Cc1ccc2c(C(C)C)c3c(c(C)c2c1)-c1c2c(cc4c(C5CCC(C)(C)CC5)cccc4c2cc[n+]1C)O3.